The van der Waals surface area contributed by atoms with Gasteiger partial charge in [0.2, 0.25) is 11.8 Å². The summed E-state index contributed by atoms with van der Waals surface area (Å²) in [6.45, 7) is 0. The smallest absolute Gasteiger partial charge is 0.237 e. The number of hydrogen-bond donors (Lipinski definition) is 2. The summed E-state index contributed by atoms with van der Waals surface area (Å²) in [4.78, 5) is 24.8. The Morgan fingerprint density at radius 2 is 1.69 bits per heavy atom. The lowest BCUT2D eigenvalue weighted by molar-refractivity contribution is -0.119. The molecule has 2 aromatic rings. The molecule has 0 radical (unpaired) electrons. The van der Waals surface area contributed by atoms with Gasteiger partial charge in [0, 0.05) is 11.7 Å². The third-order valence-electron chi connectivity index (χ3n) is 5.08. The van der Waals surface area contributed by atoms with E-state index in [-0.39, 0.29) is 23.1 Å². The van der Waals surface area contributed by atoms with Gasteiger partial charge < -0.3 is 10.6 Å². The largest absolute Gasteiger partial charge is 0.352 e. The molecule has 2 N–H and O–H groups in total. The molecule has 4 nitrogen and oxygen atoms in total. The summed E-state index contributed by atoms with van der Waals surface area (Å²) in [7, 11) is 0. The molecule has 0 fully saturated rings. The molecule has 2 aromatic carbocycles. The van der Waals surface area contributed by atoms with E-state index in [1.165, 1.54) is 22.9 Å². The van der Waals surface area contributed by atoms with E-state index in [1.807, 2.05) is 36.4 Å². The number of fused-ring (bicyclic) bond motifs is 2. The van der Waals surface area contributed by atoms with Gasteiger partial charge in [-0.25, -0.2) is 0 Å². The number of anilines is 1. The van der Waals surface area contributed by atoms with Crippen molar-refractivity contribution in [3.63, 3.8) is 0 Å². The lowest BCUT2D eigenvalue weighted by atomic mass is 10.1. The van der Waals surface area contributed by atoms with E-state index in [0.717, 1.165) is 36.9 Å². The van der Waals surface area contributed by atoms with Crippen LogP contribution in [0.5, 0.6) is 0 Å². The van der Waals surface area contributed by atoms with Crippen LogP contribution in [0.3, 0.4) is 0 Å². The summed E-state index contributed by atoms with van der Waals surface area (Å²) in [5.41, 5.74) is 4.71. The molecule has 2 amide bonds. The van der Waals surface area contributed by atoms with E-state index < -0.39 is 0 Å². The van der Waals surface area contributed by atoms with Gasteiger partial charge in [0.1, 0.15) is 0 Å². The van der Waals surface area contributed by atoms with Gasteiger partial charge in [0.05, 0.1) is 11.0 Å². The van der Waals surface area contributed by atoms with E-state index in [9.17, 15) is 9.59 Å². The number of para-hydroxylation sites is 1. The van der Waals surface area contributed by atoms with Crippen molar-refractivity contribution in [1.82, 2.24) is 5.32 Å². The van der Waals surface area contributed by atoms with Crippen LogP contribution in [0.2, 0.25) is 0 Å². The van der Waals surface area contributed by atoms with Crippen LogP contribution >= 0.6 is 11.8 Å². The van der Waals surface area contributed by atoms with Crippen molar-refractivity contribution in [2.24, 2.45) is 0 Å². The highest BCUT2D eigenvalue weighted by molar-refractivity contribution is 8.01. The lowest BCUT2D eigenvalue weighted by Gasteiger charge is -2.15. The molecule has 1 aliphatic carbocycles. The summed E-state index contributed by atoms with van der Waals surface area (Å²) in [5, 5.41) is 5.93. The van der Waals surface area contributed by atoms with Crippen LogP contribution in [0.25, 0.3) is 0 Å². The van der Waals surface area contributed by atoms with Crippen molar-refractivity contribution >= 4 is 29.3 Å². The quantitative estimate of drug-likeness (QED) is 0.875. The molecule has 0 bridgehead atoms. The lowest BCUT2D eigenvalue weighted by Crippen LogP contribution is -2.37. The van der Waals surface area contributed by atoms with Crippen LogP contribution in [0.1, 0.15) is 23.1 Å². The fourth-order valence-corrected chi connectivity index (χ4v) is 4.69. The Morgan fingerprint density at radius 1 is 1.04 bits per heavy atom. The van der Waals surface area contributed by atoms with Crippen molar-refractivity contribution in [3.05, 3.63) is 65.2 Å². The molecule has 4 rings (SSSR count). The van der Waals surface area contributed by atoms with Crippen molar-refractivity contribution in [2.45, 2.75) is 37.0 Å². The highest BCUT2D eigenvalue weighted by Gasteiger charge is 2.26. The minimum atomic E-state index is -0.186. The standard InChI is InChI=1S/C21H22N2O2S/c24-20(22-17-11-15-6-1-2-7-16(15)12-17)13-26-19-10-9-14-5-3-4-8-18(14)23-21(19)25/h1-8,17,19H,9-13H2,(H,22,24)(H,23,25)/t19-/m0/s1. The van der Waals surface area contributed by atoms with Gasteiger partial charge in [-0.15, -0.1) is 11.8 Å². The van der Waals surface area contributed by atoms with E-state index in [0.29, 0.717) is 5.75 Å². The molecule has 0 spiro atoms. The Labute approximate surface area is 157 Å². The Bertz CT molecular complexity index is 811. The maximum absolute atomic E-state index is 12.4. The second-order valence-corrected chi connectivity index (χ2v) is 8.12. The Morgan fingerprint density at radius 3 is 2.42 bits per heavy atom. The molecule has 0 aromatic heterocycles. The summed E-state index contributed by atoms with van der Waals surface area (Å²) in [5.74, 6) is 0.338. The van der Waals surface area contributed by atoms with Crippen LogP contribution in [0.4, 0.5) is 5.69 Å². The maximum atomic E-state index is 12.4. The molecule has 1 atom stereocenters. The van der Waals surface area contributed by atoms with Gasteiger partial charge >= 0.3 is 0 Å². The second kappa shape index (κ2) is 7.54. The highest BCUT2D eigenvalue weighted by atomic mass is 32.2. The molecule has 1 heterocycles. The average Bonchev–Trinajstić information content (AvgIpc) is 2.97. The van der Waals surface area contributed by atoms with E-state index in [2.05, 4.69) is 22.8 Å². The molecule has 2 aliphatic rings. The number of rotatable bonds is 4. The van der Waals surface area contributed by atoms with Gasteiger partial charge in [-0.3, -0.25) is 9.59 Å². The first-order valence-electron chi connectivity index (χ1n) is 9.05. The van der Waals surface area contributed by atoms with E-state index in [1.54, 1.807) is 0 Å². The molecule has 5 heteroatoms. The van der Waals surface area contributed by atoms with Crippen LogP contribution in [-0.2, 0) is 28.9 Å². The number of nitrogens with one attached hydrogen (secondary N) is 2. The Balaban J connectivity index is 1.28. The highest BCUT2D eigenvalue weighted by Crippen LogP contribution is 2.27. The van der Waals surface area contributed by atoms with E-state index >= 15 is 0 Å². The first kappa shape index (κ1) is 17.2. The van der Waals surface area contributed by atoms with Crippen LogP contribution < -0.4 is 10.6 Å². The number of amides is 2. The molecular formula is C21H22N2O2S. The van der Waals surface area contributed by atoms with Gasteiger partial charge in [0.25, 0.3) is 0 Å². The molecular weight excluding hydrogens is 344 g/mol. The van der Waals surface area contributed by atoms with Gasteiger partial charge in [-0.2, -0.15) is 0 Å². The Hall–Kier alpha value is -2.27. The van der Waals surface area contributed by atoms with Gasteiger partial charge in [0.15, 0.2) is 0 Å². The first-order valence-corrected chi connectivity index (χ1v) is 10.1. The number of aryl methyl sites for hydroxylation is 1. The number of benzene rings is 2. The monoisotopic (exact) mass is 366 g/mol. The molecule has 1 aliphatic heterocycles. The SMILES string of the molecule is O=C(CS[C@H]1CCc2ccccc2NC1=O)NC1Cc2ccccc2C1. The number of carbonyl (C=O) groups is 2. The molecule has 0 unspecified atom stereocenters. The third kappa shape index (κ3) is 3.78. The summed E-state index contributed by atoms with van der Waals surface area (Å²) in [6, 6.07) is 16.4. The number of hydrogen-bond acceptors (Lipinski definition) is 3. The number of carbonyl (C=O) groups excluding carboxylic acids is 2. The predicted octanol–water partition coefficient (Wildman–Crippen LogP) is 2.96. The summed E-state index contributed by atoms with van der Waals surface area (Å²) < 4.78 is 0. The van der Waals surface area contributed by atoms with Gasteiger partial charge in [-0.05, 0) is 48.4 Å². The predicted molar refractivity (Wildman–Crippen MR) is 105 cm³/mol. The van der Waals surface area contributed by atoms with Crippen LogP contribution in [0.15, 0.2) is 48.5 Å². The molecule has 0 saturated heterocycles. The van der Waals surface area contributed by atoms with Gasteiger partial charge in [-0.1, -0.05) is 42.5 Å². The minimum absolute atomic E-state index is 0.000946. The van der Waals surface area contributed by atoms with Crippen molar-refractivity contribution < 1.29 is 9.59 Å². The molecule has 26 heavy (non-hydrogen) atoms. The molecule has 0 saturated carbocycles. The summed E-state index contributed by atoms with van der Waals surface area (Å²) >= 11 is 1.44. The first-order chi connectivity index (χ1) is 12.7. The van der Waals surface area contributed by atoms with Crippen LogP contribution in [-0.4, -0.2) is 28.9 Å². The second-order valence-electron chi connectivity index (χ2n) is 6.93. The zero-order valence-corrected chi connectivity index (χ0v) is 15.4. The van der Waals surface area contributed by atoms with Crippen LogP contribution in [0, 0.1) is 0 Å². The number of thioether (sulfide) groups is 1. The maximum Gasteiger partial charge on any atom is 0.237 e. The van der Waals surface area contributed by atoms with E-state index in [4.69, 9.17) is 0 Å². The topological polar surface area (TPSA) is 58.2 Å². The zero-order valence-electron chi connectivity index (χ0n) is 14.5. The zero-order chi connectivity index (χ0) is 17.9. The van der Waals surface area contributed by atoms with Crippen molar-refractivity contribution in [1.29, 1.82) is 0 Å². The normalized spacial score (nSPS) is 19.2. The van der Waals surface area contributed by atoms with Crippen molar-refractivity contribution in [2.75, 3.05) is 11.1 Å². The molecule has 134 valence electrons. The van der Waals surface area contributed by atoms with Crippen molar-refractivity contribution in [3.8, 4) is 0 Å². The fourth-order valence-electron chi connectivity index (χ4n) is 3.76. The Kier molecular flexibility index (Phi) is 4.98. The third-order valence-corrected chi connectivity index (χ3v) is 6.36. The fraction of sp³-hybridized carbons (Fsp3) is 0.333. The average molecular weight is 366 g/mol. The summed E-state index contributed by atoms with van der Waals surface area (Å²) in [6.07, 6.45) is 3.40. The minimum Gasteiger partial charge on any atom is -0.352 e.